The van der Waals surface area contributed by atoms with Crippen LogP contribution in [0.1, 0.15) is 26.7 Å². The van der Waals surface area contributed by atoms with Crippen LogP contribution in [0.15, 0.2) is 0 Å². The van der Waals surface area contributed by atoms with Gasteiger partial charge in [0.05, 0.1) is 0 Å². The van der Waals surface area contributed by atoms with Crippen molar-refractivity contribution in [3.8, 4) is 0 Å². The van der Waals surface area contributed by atoms with Crippen LogP contribution < -0.4 is 11.1 Å². The highest BCUT2D eigenvalue weighted by molar-refractivity contribution is 7.09. The summed E-state index contributed by atoms with van der Waals surface area (Å²) in [6, 6.07) is 0.484. The van der Waals surface area contributed by atoms with Crippen LogP contribution in [0.5, 0.6) is 0 Å². The molecule has 3 N–H and O–H groups in total. The monoisotopic (exact) mass is 186 g/mol. The van der Waals surface area contributed by atoms with E-state index in [-0.39, 0.29) is 0 Å². The molecule has 1 aromatic heterocycles. The molecule has 0 amide bonds. The first-order chi connectivity index (χ1) is 5.76. The van der Waals surface area contributed by atoms with Crippen molar-refractivity contribution < 1.29 is 0 Å². The second kappa shape index (κ2) is 4.25. The van der Waals surface area contributed by atoms with Crippen molar-refractivity contribution in [2.24, 2.45) is 0 Å². The first-order valence-corrected chi connectivity index (χ1v) is 4.89. The predicted octanol–water partition coefficient (Wildman–Crippen LogP) is 1.72. The second-order valence-corrected chi connectivity index (χ2v) is 3.37. The Bertz CT molecular complexity index is 231. The first kappa shape index (κ1) is 9.25. The van der Waals surface area contributed by atoms with Crippen LogP contribution in [0.25, 0.3) is 0 Å². The summed E-state index contributed by atoms with van der Waals surface area (Å²) in [6.07, 6.45) is 2.19. The van der Waals surface area contributed by atoms with Gasteiger partial charge in [0, 0.05) is 17.6 Å². The standard InChI is InChI=1S/C7H14N4S/c1-3-5(4-2)9-7-10-6(8)11-12-7/h5H,3-4H2,1-2H3,(H3,8,9,10,11). The summed E-state index contributed by atoms with van der Waals surface area (Å²) < 4.78 is 3.88. The van der Waals surface area contributed by atoms with Gasteiger partial charge in [-0.1, -0.05) is 13.8 Å². The Hall–Kier alpha value is -0.840. The van der Waals surface area contributed by atoms with Gasteiger partial charge in [0.1, 0.15) is 0 Å². The number of aromatic nitrogens is 2. The van der Waals surface area contributed by atoms with Crippen LogP contribution in [0, 0.1) is 0 Å². The molecular formula is C7H14N4S. The van der Waals surface area contributed by atoms with E-state index in [0.717, 1.165) is 18.0 Å². The highest BCUT2D eigenvalue weighted by Crippen LogP contribution is 2.14. The average Bonchev–Trinajstić information content (AvgIpc) is 2.47. The maximum absolute atomic E-state index is 5.39. The third-order valence-electron chi connectivity index (χ3n) is 1.75. The van der Waals surface area contributed by atoms with Crippen molar-refractivity contribution >= 4 is 22.6 Å². The van der Waals surface area contributed by atoms with Crippen molar-refractivity contribution in [2.75, 3.05) is 11.1 Å². The molecule has 0 aliphatic carbocycles. The molecule has 0 spiro atoms. The Morgan fingerprint density at radius 1 is 1.50 bits per heavy atom. The van der Waals surface area contributed by atoms with E-state index in [4.69, 9.17) is 5.73 Å². The summed E-state index contributed by atoms with van der Waals surface area (Å²) in [7, 11) is 0. The Kier molecular flexibility index (Phi) is 3.28. The molecule has 0 saturated carbocycles. The van der Waals surface area contributed by atoms with Crippen molar-refractivity contribution in [2.45, 2.75) is 32.7 Å². The Labute approximate surface area is 76.4 Å². The largest absolute Gasteiger partial charge is 0.367 e. The topological polar surface area (TPSA) is 63.8 Å². The van der Waals surface area contributed by atoms with Crippen LogP contribution in [0.3, 0.4) is 0 Å². The molecular weight excluding hydrogens is 172 g/mol. The number of nitrogens with two attached hydrogens (primary N) is 1. The molecule has 0 atom stereocenters. The van der Waals surface area contributed by atoms with Crippen molar-refractivity contribution in [1.29, 1.82) is 0 Å². The Morgan fingerprint density at radius 2 is 2.17 bits per heavy atom. The fourth-order valence-corrected chi connectivity index (χ4v) is 1.54. The third-order valence-corrected chi connectivity index (χ3v) is 2.42. The van der Waals surface area contributed by atoms with E-state index < -0.39 is 0 Å². The first-order valence-electron chi connectivity index (χ1n) is 4.12. The molecule has 0 fully saturated rings. The minimum Gasteiger partial charge on any atom is -0.367 e. The second-order valence-electron chi connectivity index (χ2n) is 2.62. The van der Waals surface area contributed by atoms with Crippen LogP contribution in [0.2, 0.25) is 0 Å². The number of nitrogens with one attached hydrogen (secondary N) is 1. The van der Waals surface area contributed by atoms with E-state index in [2.05, 4.69) is 28.5 Å². The molecule has 1 aromatic rings. The van der Waals surface area contributed by atoms with Gasteiger partial charge in [0.25, 0.3) is 0 Å². The van der Waals surface area contributed by atoms with E-state index >= 15 is 0 Å². The van der Waals surface area contributed by atoms with Gasteiger partial charge in [-0.3, -0.25) is 0 Å². The van der Waals surface area contributed by atoms with Gasteiger partial charge in [-0.2, -0.15) is 9.36 Å². The van der Waals surface area contributed by atoms with Gasteiger partial charge < -0.3 is 11.1 Å². The summed E-state index contributed by atoms with van der Waals surface area (Å²) in [6.45, 7) is 4.29. The molecule has 0 saturated heterocycles. The zero-order valence-corrected chi connectivity index (χ0v) is 8.19. The lowest BCUT2D eigenvalue weighted by atomic mass is 10.2. The van der Waals surface area contributed by atoms with Crippen LogP contribution in [-0.4, -0.2) is 15.4 Å². The van der Waals surface area contributed by atoms with Gasteiger partial charge in [0.2, 0.25) is 11.1 Å². The summed E-state index contributed by atoms with van der Waals surface area (Å²) in [4.78, 5) is 4.02. The van der Waals surface area contributed by atoms with E-state index in [9.17, 15) is 0 Å². The summed E-state index contributed by atoms with van der Waals surface area (Å²) in [5.41, 5.74) is 5.39. The Morgan fingerprint density at radius 3 is 2.58 bits per heavy atom. The molecule has 5 heteroatoms. The molecule has 4 nitrogen and oxygen atoms in total. The molecule has 0 radical (unpaired) electrons. The number of nitrogens with zero attached hydrogens (tertiary/aromatic N) is 2. The fourth-order valence-electron chi connectivity index (χ4n) is 0.961. The lowest BCUT2D eigenvalue weighted by Crippen LogP contribution is -2.16. The number of rotatable bonds is 4. The third kappa shape index (κ3) is 2.34. The fraction of sp³-hybridized carbons (Fsp3) is 0.714. The highest BCUT2D eigenvalue weighted by Gasteiger charge is 2.05. The summed E-state index contributed by atoms with van der Waals surface area (Å²) in [5.74, 6) is 0.355. The van der Waals surface area contributed by atoms with Crippen molar-refractivity contribution in [3.63, 3.8) is 0 Å². The molecule has 1 heterocycles. The molecule has 0 aliphatic heterocycles. The minimum absolute atomic E-state index is 0.355. The van der Waals surface area contributed by atoms with Crippen LogP contribution >= 0.6 is 11.5 Å². The Balaban J connectivity index is 2.50. The summed E-state index contributed by atoms with van der Waals surface area (Å²) in [5, 5.41) is 4.08. The normalized spacial score (nSPS) is 10.6. The quantitative estimate of drug-likeness (QED) is 0.751. The number of hydrogen-bond acceptors (Lipinski definition) is 5. The molecule has 0 unspecified atom stereocenters. The van der Waals surface area contributed by atoms with Crippen LogP contribution in [0.4, 0.5) is 11.1 Å². The number of nitrogen functional groups attached to an aromatic ring is 1. The smallest absolute Gasteiger partial charge is 0.233 e. The van der Waals surface area contributed by atoms with Gasteiger partial charge >= 0.3 is 0 Å². The highest BCUT2D eigenvalue weighted by atomic mass is 32.1. The van der Waals surface area contributed by atoms with Crippen molar-refractivity contribution in [1.82, 2.24) is 9.36 Å². The molecule has 68 valence electrons. The van der Waals surface area contributed by atoms with E-state index in [1.54, 1.807) is 0 Å². The van der Waals surface area contributed by atoms with E-state index in [0.29, 0.717) is 12.0 Å². The maximum atomic E-state index is 5.39. The lowest BCUT2D eigenvalue weighted by molar-refractivity contribution is 0.671. The zero-order chi connectivity index (χ0) is 8.97. The van der Waals surface area contributed by atoms with Gasteiger partial charge in [0.15, 0.2) is 0 Å². The minimum atomic E-state index is 0.355. The average molecular weight is 186 g/mol. The van der Waals surface area contributed by atoms with Crippen molar-refractivity contribution in [3.05, 3.63) is 0 Å². The van der Waals surface area contributed by atoms with Gasteiger partial charge in [-0.15, -0.1) is 0 Å². The molecule has 1 rings (SSSR count). The van der Waals surface area contributed by atoms with Gasteiger partial charge in [-0.05, 0) is 12.8 Å². The summed E-state index contributed by atoms with van der Waals surface area (Å²) >= 11 is 1.31. The predicted molar refractivity (Wildman–Crippen MR) is 52.3 cm³/mol. The van der Waals surface area contributed by atoms with E-state index in [1.165, 1.54) is 11.5 Å². The molecule has 0 aromatic carbocycles. The SMILES string of the molecule is CCC(CC)Nc1nc(N)ns1. The number of anilines is 2. The molecule has 12 heavy (non-hydrogen) atoms. The van der Waals surface area contributed by atoms with E-state index in [1.807, 2.05) is 0 Å². The lowest BCUT2D eigenvalue weighted by Gasteiger charge is -2.12. The van der Waals surface area contributed by atoms with Crippen LogP contribution in [-0.2, 0) is 0 Å². The molecule has 0 aliphatic rings. The maximum Gasteiger partial charge on any atom is 0.233 e. The number of hydrogen-bond donors (Lipinski definition) is 2. The zero-order valence-electron chi connectivity index (χ0n) is 7.37. The van der Waals surface area contributed by atoms with Gasteiger partial charge in [-0.25, -0.2) is 0 Å². The molecule has 0 bridgehead atoms.